The molecule has 90 valence electrons. The SMILES string of the molecule is Cn1nncc1NCc1c2c(nn1C)CCC2. The van der Waals surface area contributed by atoms with Gasteiger partial charge in [-0.1, -0.05) is 5.21 Å². The first-order chi connectivity index (χ1) is 8.25. The van der Waals surface area contributed by atoms with E-state index < -0.39 is 0 Å². The Hall–Kier alpha value is -1.85. The molecule has 2 aromatic heterocycles. The highest BCUT2D eigenvalue weighted by Crippen LogP contribution is 2.24. The van der Waals surface area contributed by atoms with Gasteiger partial charge in [0.1, 0.15) is 5.82 Å². The fraction of sp³-hybridized carbons (Fsp3) is 0.545. The smallest absolute Gasteiger partial charge is 0.144 e. The maximum absolute atomic E-state index is 4.55. The number of aryl methyl sites for hydroxylation is 3. The highest BCUT2D eigenvalue weighted by Gasteiger charge is 2.20. The molecule has 0 radical (unpaired) electrons. The maximum atomic E-state index is 4.55. The van der Waals surface area contributed by atoms with Crippen LogP contribution in [0.5, 0.6) is 0 Å². The van der Waals surface area contributed by atoms with Crippen LogP contribution in [0, 0.1) is 0 Å². The lowest BCUT2D eigenvalue weighted by Gasteiger charge is -2.07. The van der Waals surface area contributed by atoms with Crippen LogP contribution in [0.1, 0.15) is 23.4 Å². The van der Waals surface area contributed by atoms with Crippen molar-refractivity contribution in [1.82, 2.24) is 24.8 Å². The fourth-order valence-electron chi connectivity index (χ4n) is 2.43. The average Bonchev–Trinajstić information content (AvgIpc) is 2.94. The summed E-state index contributed by atoms with van der Waals surface area (Å²) in [5.41, 5.74) is 3.97. The number of nitrogens with one attached hydrogen (secondary N) is 1. The summed E-state index contributed by atoms with van der Waals surface area (Å²) >= 11 is 0. The van der Waals surface area contributed by atoms with E-state index >= 15 is 0 Å². The standard InChI is InChI=1S/C11H16N6/c1-16-10(8-4-3-5-9(8)14-16)6-12-11-7-13-15-17(11)2/h7,12H,3-6H2,1-2H3. The van der Waals surface area contributed by atoms with Crippen molar-refractivity contribution in [1.29, 1.82) is 0 Å². The molecule has 0 aromatic carbocycles. The molecule has 6 heteroatoms. The van der Waals surface area contributed by atoms with E-state index in [0.29, 0.717) is 0 Å². The molecule has 17 heavy (non-hydrogen) atoms. The van der Waals surface area contributed by atoms with Crippen molar-refractivity contribution in [3.63, 3.8) is 0 Å². The molecule has 2 heterocycles. The molecular weight excluding hydrogens is 216 g/mol. The molecular formula is C11H16N6. The van der Waals surface area contributed by atoms with Gasteiger partial charge >= 0.3 is 0 Å². The van der Waals surface area contributed by atoms with Gasteiger partial charge in [-0.2, -0.15) is 5.10 Å². The van der Waals surface area contributed by atoms with E-state index in [2.05, 4.69) is 20.7 Å². The second-order valence-corrected chi connectivity index (χ2v) is 4.45. The summed E-state index contributed by atoms with van der Waals surface area (Å²) in [7, 11) is 3.89. The van der Waals surface area contributed by atoms with Crippen molar-refractivity contribution in [2.24, 2.45) is 14.1 Å². The van der Waals surface area contributed by atoms with Gasteiger partial charge in [0.05, 0.1) is 24.1 Å². The Balaban J connectivity index is 1.80. The van der Waals surface area contributed by atoms with Crippen LogP contribution in [0.15, 0.2) is 6.20 Å². The molecule has 0 spiro atoms. The maximum Gasteiger partial charge on any atom is 0.144 e. The lowest BCUT2D eigenvalue weighted by Crippen LogP contribution is -2.10. The van der Waals surface area contributed by atoms with E-state index in [0.717, 1.165) is 25.2 Å². The van der Waals surface area contributed by atoms with Gasteiger partial charge in [-0.25, -0.2) is 4.68 Å². The summed E-state index contributed by atoms with van der Waals surface area (Å²) in [6.45, 7) is 0.778. The molecule has 0 amide bonds. The number of hydrogen-bond acceptors (Lipinski definition) is 4. The molecule has 3 rings (SSSR count). The van der Waals surface area contributed by atoms with Gasteiger partial charge in [0.15, 0.2) is 0 Å². The van der Waals surface area contributed by atoms with E-state index in [-0.39, 0.29) is 0 Å². The molecule has 0 saturated carbocycles. The summed E-state index contributed by atoms with van der Waals surface area (Å²) < 4.78 is 3.72. The van der Waals surface area contributed by atoms with Crippen LogP contribution in [-0.2, 0) is 33.5 Å². The highest BCUT2D eigenvalue weighted by molar-refractivity contribution is 5.36. The van der Waals surface area contributed by atoms with Gasteiger partial charge < -0.3 is 5.32 Å². The summed E-state index contributed by atoms with van der Waals surface area (Å²) in [5, 5.41) is 15.6. The minimum absolute atomic E-state index is 0.778. The first kappa shape index (κ1) is 10.3. The third-order valence-corrected chi connectivity index (χ3v) is 3.35. The minimum atomic E-state index is 0.778. The lowest BCUT2D eigenvalue weighted by molar-refractivity contribution is 0.681. The van der Waals surface area contributed by atoms with Crippen molar-refractivity contribution in [2.45, 2.75) is 25.8 Å². The first-order valence-electron chi connectivity index (χ1n) is 5.88. The quantitative estimate of drug-likeness (QED) is 0.844. The van der Waals surface area contributed by atoms with Crippen molar-refractivity contribution >= 4 is 5.82 Å². The van der Waals surface area contributed by atoms with E-state index in [1.54, 1.807) is 10.9 Å². The van der Waals surface area contributed by atoms with Crippen molar-refractivity contribution in [3.05, 3.63) is 23.1 Å². The Morgan fingerprint density at radius 3 is 2.94 bits per heavy atom. The van der Waals surface area contributed by atoms with E-state index in [9.17, 15) is 0 Å². The summed E-state index contributed by atoms with van der Waals surface area (Å²) in [6, 6.07) is 0. The second kappa shape index (κ2) is 3.87. The van der Waals surface area contributed by atoms with Gasteiger partial charge in [0.2, 0.25) is 0 Å². The Bertz CT molecular complexity index is 538. The number of nitrogens with zero attached hydrogens (tertiary/aromatic N) is 5. The van der Waals surface area contributed by atoms with E-state index in [1.165, 1.54) is 23.4 Å². The summed E-state index contributed by atoms with van der Waals surface area (Å²) in [5.74, 6) is 0.929. The Morgan fingerprint density at radius 2 is 2.18 bits per heavy atom. The lowest BCUT2D eigenvalue weighted by atomic mass is 10.2. The van der Waals surface area contributed by atoms with Gasteiger partial charge in [0.25, 0.3) is 0 Å². The topological polar surface area (TPSA) is 60.6 Å². The highest BCUT2D eigenvalue weighted by atomic mass is 15.4. The molecule has 0 saturated heterocycles. The third-order valence-electron chi connectivity index (χ3n) is 3.35. The van der Waals surface area contributed by atoms with Crippen LogP contribution in [0.3, 0.4) is 0 Å². The van der Waals surface area contributed by atoms with Crippen LogP contribution in [-0.4, -0.2) is 24.8 Å². The normalized spacial score (nSPS) is 14.0. The first-order valence-corrected chi connectivity index (χ1v) is 5.88. The van der Waals surface area contributed by atoms with Crippen LogP contribution in [0.25, 0.3) is 0 Å². The molecule has 0 bridgehead atoms. The second-order valence-electron chi connectivity index (χ2n) is 4.45. The molecule has 1 aliphatic rings. The van der Waals surface area contributed by atoms with Crippen LogP contribution >= 0.6 is 0 Å². The predicted molar refractivity (Wildman–Crippen MR) is 63.6 cm³/mol. The van der Waals surface area contributed by atoms with Crippen LogP contribution in [0.2, 0.25) is 0 Å². The molecule has 2 aromatic rings. The number of fused-ring (bicyclic) bond motifs is 1. The van der Waals surface area contributed by atoms with Gasteiger partial charge in [-0.3, -0.25) is 4.68 Å². The van der Waals surface area contributed by atoms with Gasteiger partial charge in [0, 0.05) is 14.1 Å². The molecule has 6 nitrogen and oxygen atoms in total. The molecule has 0 aliphatic heterocycles. The largest absolute Gasteiger partial charge is 0.363 e. The molecule has 1 N–H and O–H groups in total. The Kier molecular flexibility index (Phi) is 2.35. The van der Waals surface area contributed by atoms with E-state index in [4.69, 9.17) is 0 Å². The number of rotatable bonds is 3. The molecule has 0 fully saturated rings. The molecule has 1 aliphatic carbocycles. The number of hydrogen-bond donors (Lipinski definition) is 1. The predicted octanol–water partition coefficient (Wildman–Crippen LogP) is 0.649. The van der Waals surface area contributed by atoms with Crippen molar-refractivity contribution < 1.29 is 0 Å². The third kappa shape index (κ3) is 1.69. The zero-order chi connectivity index (χ0) is 11.8. The van der Waals surface area contributed by atoms with Crippen molar-refractivity contribution in [3.8, 4) is 0 Å². The Labute approximate surface area is 99.6 Å². The zero-order valence-corrected chi connectivity index (χ0v) is 10.1. The molecule has 0 atom stereocenters. The van der Waals surface area contributed by atoms with E-state index in [1.807, 2.05) is 18.8 Å². The van der Waals surface area contributed by atoms with Crippen LogP contribution < -0.4 is 5.32 Å². The number of anilines is 1. The zero-order valence-electron chi connectivity index (χ0n) is 10.1. The monoisotopic (exact) mass is 232 g/mol. The fourth-order valence-corrected chi connectivity index (χ4v) is 2.43. The Morgan fingerprint density at radius 1 is 1.29 bits per heavy atom. The minimum Gasteiger partial charge on any atom is -0.363 e. The molecule has 0 unspecified atom stereocenters. The van der Waals surface area contributed by atoms with Crippen LogP contribution in [0.4, 0.5) is 5.82 Å². The summed E-state index contributed by atoms with van der Waals surface area (Å²) in [6.07, 6.45) is 5.25. The summed E-state index contributed by atoms with van der Waals surface area (Å²) in [4.78, 5) is 0. The number of aromatic nitrogens is 5. The van der Waals surface area contributed by atoms with Gasteiger partial charge in [-0.15, -0.1) is 5.10 Å². The average molecular weight is 232 g/mol. The van der Waals surface area contributed by atoms with Crippen molar-refractivity contribution in [2.75, 3.05) is 5.32 Å². The van der Waals surface area contributed by atoms with Gasteiger partial charge in [-0.05, 0) is 24.8 Å².